The maximum absolute atomic E-state index is 13.2. The largest absolute Gasteiger partial charge is 0.508 e. The maximum Gasteiger partial charge on any atom is 0.262 e. The molecule has 0 aliphatic carbocycles. The molecule has 25 heavy (non-hydrogen) atoms. The molecule has 0 saturated carbocycles. The van der Waals surface area contributed by atoms with E-state index in [2.05, 4.69) is 6.92 Å². The van der Waals surface area contributed by atoms with E-state index in [-0.39, 0.29) is 11.7 Å². The summed E-state index contributed by atoms with van der Waals surface area (Å²) in [6.45, 7) is 2.14. The lowest BCUT2D eigenvalue weighted by Crippen LogP contribution is -2.25. The number of para-hydroxylation sites is 1. The van der Waals surface area contributed by atoms with Crippen LogP contribution in [0.1, 0.15) is 29.3 Å². The van der Waals surface area contributed by atoms with Gasteiger partial charge in [0.25, 0.3) is 5.91 Å². The van der Waals surface area contributed by atoms with Crippen molar-refractivity contribution >= 4 is 17.3 Å². The Hall–Kier alpha value is -3.07. The zero-order chi connectivity index (χ0) is 17.6. The van der Waals surface area contributed by atoms with E-state index < -0.39 is 0 Å². The van der Waals surface area contributed by atoms with Crippen LogP contribution in [0.3, 0.4) is 0 Å². The Morgan fingerprint density at radius 2 is 1.44 bits per heavy atom. The second-order valence-corrected chi connectivity index (χ2v) is 5.94. The number of rotatable bonds is 5. The summed E-state index contributed by atoms with van der Waals surface area (Å²) in [7, 11) is 0. The summed E-state index contributed by atoms with van der Waals surface area (Å²) >= 11 is 0. The van der Waals surface area contributed by atoms with E-state index in [1.807, 2.05) is 54.6 Å². The normalized spacial score (nSPS) is 10.4. The monoisotopic (exact) mass is 331 g/mol. The smallest absolute Gasteiger partial charge is 0.262 e. The zero-order valence-corrected chi connectivity index (χ0v) is 14.2. The van der Waals surface area contributed by atoms with Crippen LogP contribution in [0.25, 0.3) is 0 Å². The predicted molar refractivity (Wildman–Crippen MR) is 101 cm³/mol. The molecule has 126 valence electrons. The number of carbonyl (C=O) groups is 1. The average Bonchev–Trinajstić information content (AvgIpc) is 2.65. The molecule has 3 aromatic carbocycles. The van der Waals surface area contributed by atoms with Gasteiger partial charge in [0, 0.05) is 16.9 Å². The average molecular weight is 331 g/mol. The highest BCUT2D eigenvalue weighted by Gasteiger charge is 2.19. The first-order chi connectivity index (χ1) is 12.2. The van der Waals surface area contributed by atoms with E-state index >= 15 is 0 Å². The molecule has 3 rings (SSSR count). The van der Waals surface area contributed by atoms with Crippen LogP contribution in [0.15, 0.2) is 78.9 Å². The Morgan fingerprint density at radius 3 is 2.04 bits per heavy atom. The van der Waals surface area contributed by atoms with Gasteiger partial charge in [0.2, 0.25) is 0 Å². The van der Waals surface area contributed by atoms with E-state index in [1.165, 1.54) is 5.56 Å². The Bertz CT molecular complexity index is 824. The third kappa shape index (κ3) is 3.89. The number of carbonyl (C=O) groups excluding carboxylic acids is 1. The Labute approximate surface area is 148 Å². The highest BCUT2D eigenvalue weighted by atomic mass is 16.3. The molecule has 0 fully saturated rings. The van der Waals surface area contributed by atoms with Crippen molar-refractivity contribution in [1.29, 1.82) is 0 Å². The Morgan fingerprint density at radius 1 is 0.840 bits per heavy atom. The van der Waals surface area contributed by atoms with Gasteiger partial charge in [-0.15, -0.1) is 0 Å². The number of amides is 1. The van der Waals surface area contributed by atoms with Crippen molar-refractivity contribution in [2.45, 2.75) is 19.8 Å². The molecule has 0 atom stereocenters. The van der Waals surface area contributed by atoms with Gasteiger partial charge in [0.05, 0.1) is 0 Å². The summed E-state index contributed by atoms with van der Waals surface area (Å²) in [5.41, 5.74) is 3.37. The van der Waals surface area contributed by atoms with Crippen molar-refractivity contribution in [3.8, 4) is 5.75 Å². The fraction of sp³-hybridized carbons (Fsp3) is 0.136. The van der Waals surface area contributed by atoms with Crippen molar-refractivity contribution in [3.05, 3.63) is 90.0 Å². The summed E-state index contributed by atoms with van der Waals surface area (Å²) in [5, 5.41) is 9.54. The van der Waals surface area contributed by atoms with Crippen LogP contribution in [0.4, 0.5) is 11.4 Å². The molecule has 3 nitrogen and oxygen atoms in total. The Kier molecular flexibility index (Phi) is 5.14. The number of anilines is 2. The molecule has 1 N–H and O–H groups in total. The van der Waals surface area contributed by atoms with E-state index in [1.54, 1.807) is 29.2 Å². The van der Waals surface area contributed by atoms with Gasteiger partial charge in [-0.1, -0.05) is 43.7 Å². The lowest BCUT2D eigenvalue weighted by Gasteiger charge is -2.23. The van der Waals surface area contributed by atoms with Gasteiger partial charge >= 0.3 is 0 Å². The van der Waals surface area contributed by atoms with E-state index in [0.717, 1.165) is 18.5 Å². The number of benzene rings is 3. The second kappa shape index (κ2) is 7.67. The lowest BCUT2D eigenvalue weighted by molar-refractivity contribution is 0.0999. The van der Waals surface area contributed by atoms with Gasteiger partial charge in [0.15, 0.2) is 0 Å². The number of hydrogen-bond donors (Lipinski definition) is 1. The highest BCUT2D eigenvalue weighted by Crippen LogP contribution is 2.28. The SMILES string of the molecule is CCCc1ccc(C(=O)N(c2ccccc2)c2ccc(O)cc2)cc1. The maximum atomic E-state index is 13.2. The third-order valence-electron chi connectivity index (χ3n) is 4.06. The van der Waals surface area contributed by atoms with Crippen LogP contribution in [0, 0.1) is 0 Å². The molecule has 0 unspecified atom stereocenters. The number of phenols is 1. The third-order valence-corrected chi connectivity index (χ3v) is 4.06. The molecule has 1 amide bonds. The minimum Gasteiger partial charge on any atom is -0.508 e. The Balaban J connectivity index is 1.99. The van der Waals surface area contributed by atoms with Gasteiger partial charge in [0.1, 0.15) is 5.75 Å². The van der Waals surface area contributed by atoms with Crippen LogP contribution in [0.2, 0.25) is 0 Å². The fourth-order valence-electron chi connectivity index (χ4n) is 2.79. The van der Waals surface area contributed by atoms with E-state index in [0.29, 0.717) is 11.3 Å². The summed E-state index contributed by atoms with van der Waals surface area (Å²) in [5.74, 6) is 0.0769. The predicted octanol–water partition coefficient (Wildman–Crippen LogP) is 5.32. The number of aryl methyl sites for hydroxylation is 1. The quantitative estimate of drug-likeness (QED) is 0.687. The standard InChI is InChI=1S/C22H21NO2/c1-2-6-17-9-11-18(12-10-17)22(25)23(19-7-4-3-5-8-19)20-13-15-21(24)16-14-20/h3-5,7-16,24H,2,6H2,1H3. The van der Waals surface area contributed by atoms with Crippen molar-refractivity contribution in [2.24, 2.45) is 0 Å². The molecule has 0 heterocycles. The van der Waals surface area contributed by atoms with Crippen molar-refractivity contribution in [3.63, 3.8) is 0 Å². The molecular formula is C22H21NO2. The molecule has 3 heteroatoms. The summed E-state index contributed by atoms with van der Waals surface area (Å²) < 4.78 is 0. The van der Waals surface area contributed by atoms with Crippen LogP contribution >= 0.6 is 0 Å². The van der Waals surface area contributed by atoms with Crippen LogP contribution in [0.5, 0.6) is 5.75 Å². The first-order valence-electron chi connectivity index (χ1n) is 8.46. The lowest BCUT2D eigenvalue weighted by atomic mass is 10.1. The fourth-order valence-corrected chi connectivity index (χ4v) is 2.79. The zero-order valence-electron chi connectivity index (χ0n) is 14.2. The van der Waals surface area contributed by atoms with Crippen molar-refractivity contribution in [1.82, 2.24) is 0 Å². The van der Waals surface area contributed by atoms with Gasteiger partial charge < -0.3 is 5.11 Å². The van der Waals surface area contributed by atoms with E-state index in [9.17, 15) is 9.90 Å². The summed E-state index contributed by atoms with van der Waals surface area (Å²) in [6.07, 6.45) is 2.09. The van der Waals surface area contributed by atoms with Crippen LogP contribution in [-0.2, 0) is 6.42 Å². The summed E-state index contributed by atoms with van der Waals surface area (Å²) in [4.78, 5) is 14.8. The molecule has 0 saturated heterocycles. The van der Waals surface area contributed by atoms with Gasteiger partial charge in [-0.25, -0.2) is 0 Å². The topological polar surface area (TPSA) is 40.5 Å². The van der Waals surface area contributed by atoms with Gasteiger partial charge in [-0.05, 0) is 60.5 Å². The number of hydrogen-bond acceptors (Lipinski definition) is 2. The van der Waals surface area contributed by atoms with Gasteiger partial charge in [-0.2, -0.15) is 0 Å². The number of aromatic hydroxyl groups is 1. The minimum atomic E-state index is -0.0973. The molecule has 3 aromatic rings. The minimum absolute atomic E-state index is 0.0973. The van der Waals surface area contributed by atoms with E-state index in [4.69, 9.17) is 0 Å². The molecular weight excluding hydrogens is 310 g/mol. The molecule has 0 aliphatic rings. The molecule has 0 aliphatic heterocycles. The van der Waals surface area contributed by atoms with Crippen LogP contribution in [-0.4, -0.2) is 11.0 Å². The first kappa shape index (κ1) is 16.8. The molecule has 0 spiro atoms. The second-order valence-electron chi connectivity index (χ2n) is 5.94. The summed E-state index contributed by atoms with van der Waals surface area (Å²) in [6, 6.07) is 24.0. The first-order valence-corrected chi connectivity index (χ1v) is 8.46. The number of phenolic OH excluding ortho intramolecular Hbond substituents is 1. The van der Waals surface area contributed by atoms with Crippen molar-refractivity contribution in [2.75, 3.05) is 4.90 Å². The highest BCUT2D eigenvalue weighted by molar-refractivity contribution is 6.10. The van der Waals surface area contributed by atoms with Crippen LogP contribution < -0.4 is 4.90 Å². The van der Waals surface area contributed by atoms with Crippen molar-refractivity contribution < 1.29 is 9.90 Å². The molecule has 0 bridgehead atoms. The molecule has 0 aromatic heterocycles. The molecule has 0 radical (unpaired) electrons. The van der Waals surface area contributed by atoms with Gasteiger partial charge in [-0.3, -0.25) is 9.69 Å². The number of nitrogens with zero attached hydrogens (tertiary/aromatic N) is 1.